The predicted molar refractivity (Wildman–Crippen MR) is 100 cm³/mol. The number of nitrogens with one attached hydrogen (secondary N) is 1. The van der Waals surface area contributed by atoms with Gasteiger partial charge in [-0.1, -0.05) is 20.4 Å². The van der Waals surface area contributed by atoms with Gasteiger partial charge in [-0.05, 0) is 23.6 Å². The average molecular weight is 368 g/mol. The summed E-state index contributed by atoms with van der Waals surface area (Å²) in [6.45, 7) is 7.61. The van der Waals surface area contributed by atoms with Crippen molar-refractivity contribution < 1.29 is 9.53 Å². The van der Waals surface area contributed by atoms with Crippen LogP contribution in [0.3, 0.4) is 0 Å². The molecule has 0 bridgehead atoms. The molecule has 3 heterocycles. The zero-order valence-corrected chi connectivity index (χ0v) is 15.3. The molecule has 0 aromatic carbocycles. The van der Waals surface area contributed by atoms with Crippen molar-refractivity contribution in [2.24, 2.45) is 0 Å². The molecule has 0 aliphatic heterocycles. The monoisotopic (exact) mass is 368 g/mol. The smallest absolute Gasteiger partial charge is 0.291 e. The second-order valence-corrected chi connectivity index (χ2v) is 6.24. The maximum atomic E-state index is 12.8. The number of hydrogen-bond donors (Lipinski definition) is 1. The summed E-state index contributed by atoms with van der Waals surface area (Å²) in [7, 11) is 1.47. The molecule has 0 spiro atoms. The molecule has 0 aliphatic rings. The van der Waals surface area contributed by atoms with E-state index in [1.165, 1.54) is 19.6 Å². The molecule has 3 aromatic rings. The van der Waals surface area contributed by atoms with Gasteiger partial charge in [0.15, 0.2) is 11.6 Å². The topological polar surface area (TPSA) is 103 Å². The Morgan fingerprint density at radius 1 is 1.41 bits per heavy atom. The van der Waals surface area contributed by atoms with E-state index in [2.05, 4.69) is 27.0 Å². The van der Waals surface area contributed by atoms with Gasteiger partial charge in [0.2, 0.25) is 5.91 Å². The van der Waals surface area contributed by atoms with Gasteiger partial charge in [-0.15, -0.1) is 5.10 Å². The van der Waals surface area contributed by atoms with Crippen molar-refractivity contribution in [1.82, 2.24) is 24.1 Å². The molecule has 1 N–H and O–H groups in total. The van der Waals surface area contributed by atoms with Crippen molar-refractivity contribution in [3.8, 4) is 0 Å². The molecule has 9 nitrogen and oxygen atoms in total. The number of methoxy groups -OCH3 is 1. The molecule has 0 saturated carbocycles. The van der Waals surface area contributed by atoms with Gasteiger partial charge >= 0.3 is 0 Å². The third kappa shape index (κ3) is 3.71. The van der Waals surface area contributed by atoms with E-state index in [1.54, 1.807) is 16.5 Å². The molecule has 9 heteroatoms. The van der Waals surface area contributed by atoms with E-state index >= 15 is 0 Å². The summed E-state index contributed by atoms with van der Waals surface area (Å²) in [4.78, 5) is 32.8. The van der Waals surface area contributed by atoms with E-state index in [9.17, 15) is 9.59 Å². The molecule has 140 valence electrons. The highest BCUT2D eigenvalue weighted by molar-refractivity contribution is 5.89. The van der Waals surface area contributed by atoms with Crippen molar-refractivity contribution in [3.05, 3.63) is 59.2 Å². The van der Waals surface area contributed by atoms with Crippen LogP contribution in [0.1, 0.15) is 31.2 Å². The number of rotatable bonds is 6. The summed E-state index contributed by atoms with van der Waals surface area (Å²) in [5.41, 5.74) is 0.992. The van der Waals surface area contributed by atoms with E-state index < -0.39 is 5.91 Å². The van der Waals surface area contributed by atoms with Crippen LogP contribution in [-0.4, -0.2) is 37.2 Å². The molecule has 3 rings (SSSR count). The van der Waals surface area contributed by atoms with Gasteiger partial charge < -0.3 is 10.1 Å². The van der Waals surface area contributed by atoms with Gasteiger partial charge in [-0.25, -0.2) is 14.6 Å². The average Bonchev–Trinajstić information content (AvgIpc) is 3.10. The third-order valence-corrected chi connectivity index (χ3v) is 4.04. The molecule has 1 amide bonds. The number of amides is 1. The molecule has 27 heavy (non-hydrogen) atoms. The minimum absolute atomic E-state index is 0.225. The van der Waals surface area contributed by atoms with Crippen molar-refractivity contribution in [2.75, 3.05) is 12.4 Å². The van der Waals surface area contributed by atoms with Gasteiger partial charge in [-0.2, -0.15) is 0 Å². The quantitative estimate of drug-likeness (QED) is 0.664. The summed E-state index contributed by atoms with van der Waals surface area (Å²) in [5, 5.41) is 6.88. The number of nitrogens with zero attached hydrogens (tertiary/aromatic N) is 5. The molecule has 0 aliphatic carbocycles. The van der Waals surface area contributed by atoms with E-state index in [-0.39, 0.29) is 23.8 Å². The highest BCUT2D eigenvalue weighted by atomic mass is 16.5. The van der Waals surface area contributed by atoms with Crippen molar-refractivity contribution in [3.63, 3.8) is 0 Å². The largest absolute Gasteiger partial charge is 0.493 e. The normalized spacial score (nSPS) is 11.0. The van der Waals surface area contributed by atoms with Crippen LogP contribution in [0.25, 0.3) is 11.3 Å². The Kier molecular flexibility index (Phi) is 5.02. The lowest BCUT2D eigenvalue weighted by molar-refractivity contribution is -0.117. The van der Waals surface area contributed by atoms with Gasteiger partial charge in [0.25, 0.3) is 5.56 Å². The SMILES string of the molecule is C=C(OC)c1nn(CC(=O)Nc2ccncn2)c(=O)c2cc(C(C)C)cn12. The summed E-state index contributed by atoms with van der Waals surface area (Å²) in [6, 6.07) is 3.34. The fourth-order valence-corrected chi connectivity index (χ4v) is 2.55. The number of anilines is 1. The van der Waals surface area contributed by atoms with Crippen LogP contribution in [0.5, 0.6) is 0 Å². The summed E-state index contributed by atoms with van der Waals surface area (Å²) in [6.07, 6.45) is 4.66. The molecule has 0 fully saturated rings. The lowest BCUT2D eigenvalue weighted by Crippen LogP contribution is -2.32. The molecule has 0 saturated heterocycles. The summed E-state index contributed by atoms with van der Waals surface area (Å²) >= 11 is 0. The zero-order chi connectivity index (χ0) is 19.6. The highest BCUT2D eigenvalue weighted by Gasteiger charge is 2.17. The number of hydrogen-bond acceptors (Lipinski definition) is 6. The Balaban J connectivity index is 2.02. The van der Waals surface area contributed by atoms with Crippen LogP contribution in [0.4, 0.5) is 5.82 Å². The number of ether oxygens (including phenoxy) is 1. The lowest BCUT2D eigenvalue weighted by atomic mass is 10.1. The number of aromatic nitrogens is 5. The van der Waals surface area contributed by atoms with Crippen molar-refractivity contribution >= 4 is 23.0 Å². The standard InChI is InChI=1S/C18H20N6O3/c1-11(2)13-7-14-18(26)24(22-17(12(3)27-4)23(14)8-13)9-16(25)21-15-5-6-19-10-20-15/h5-8,10-11H,3,9H2,1-2,4H3,(H,19,20,21,25). The number of carbonyl (C=O) groups excluding carboxylic acids is 1. The first-order valence-electron chi connectivity index (χ1n) is 8.33. The maximum absolute atomic E-state index is 12.8. The second kappa shape index (κ2) is 7.40. The van der Waals surface area contributed by atoms with Crippen LogP contribution in [0.2, 0.25) is 0 Å². The van der Waals surface area contributed by atoms with Crippen LogP contribution < -0.4 is 10.9 Å². The summed E-state index contributed by atoms with van der Waals surface area (Å²) < 4.78 is 7.93. The maximum Gasteiger partial charge on any atom is 0.291 e. The van der Waals surface area contributed by atoms with Crippen LogP contribution in [0, 0.1) is 0 Å². The Hall–Kier alpha value is -3.49. The van der Waals surface area contributed by atoms with Crippen molar-refractivity contribution in [1.29, 1.82) is 0 Å². The van der Waals surface area contributed by atoms with E-state index in [0.717, 1.165) is 10.2 Å². The first kappa shape index (κ1) is 18.3. The Morgan fingerprint density at radius 3 is 2.81 bits per heavy atom. The van der Waals surface area contributed by atoms with Crippen LogP contribution >= 0.6 is 0 Å². The summed E-state index contributed by atoms with van der Waals surface area (Å²) in [5.74, 6) is 0.778. The first-order valence-corrected chi connectivity index (χ1v) is 8.33. The minimum Gasteiger partial charge on any atom is -0.493 e. The fraction of sp³-hybridized carbons (Fsp3) is 0.278. The third-order valence-electron chi connectivity index (χ3n) is 4.04. The molecule has 0 unspecified atom stereocenters. The fourth-order valence-electron chi connectivity index (χ4n) is 2.55. The predicted octanol–water partition coefficient (Wildman–Crippen LogP) is 1.67. The highest BCUT2D eigenvalue weighted by Crippen LogP contribution is 2.20. The molecular weight excluding hydrogens is 348 g/mol. The van der Waals surface area contributed by atoms with E-state index in [4.69, 9.17) is 4.74 Å². The molecule has 0 atom stereocenters. The minimum atomic E-state index is -0.433. The lowest BCUT2D eigenvalue weighted by Gasteiger charge is -2.11. The van der Waals surface area contributed by atoms with Gasteiger partial charge in [-0.3, -0.25) is 14.0 Å². The Morgan fingerprint density at radius 2 is 2.19 bits per heavy atom. The van der Waals surface area contributed by atoms with Crippen LogP contribution in [-0.2, 0) is 16.1 Å². The van der Waals surface area contributed by atoms with Crippen LogP contribution in [0.15, 0.2) is 42.2 Å². The van der Waals surface area contributed by atoms with Crippen molar-refractivity contribution in [2.45, 2.75) is 26.3 Å². The number of carbonyl (C=O) groups is 1. The van der Waals surface area contributed by atoms with Gasteiger partial charge in [0.1, 0.15) is 24.2 Å². The zero-order valence-electron chi connectivity index (χ0n) is 15.3. The first-order chi connectivity index (χ1) is 12.9. The van der Waals surface area contributed by atoms with E-state index in [1.807, 2.05) is 20.0 Å². The van der Waals surface area contributed by atoms with E-state index in [0.29, 0.717) is 17.2 Å². The number of fused-ring (bicyclic) bond motifs is 1. The molecule has 0 radical (unpaired) electrons. The Labute approximate surface area is 155 Å². The Bertz CT molecular complexity index is 1050. The molecular formula is C18H20N6O3. The van der Waals surface area contributed by atoms with Gasteiger partial charge in [0, 0.05) is 12.4 Å². The van der Waals surface area contributed by atoms with Gasteiger partial charge in [0.05, 0.1) is 7.11 Å². The second-order valence-electron chi connectivity index (χ2n) is 6.24. The molecule has 3 aromatic heterocycles.